The van der Waals surface area contributed by atoms with Crippen LogP contribution in [0.4, 0.5) is 5.69 Å². The Morgan fingerprint density at radius 1 is 1.38 bits per heavy atom. The van der Waals surface area contributed by atoms with Gasteiger partial charge in [0.2, 0.25) is 0 Å². The number of anilines is 1. The monoisotopic (exact) mass is 235 g/mol. The first-order valence-corrected chi connectivity index (χ1v) is 5.53. The molecule has 0 atom stereocenters. The standard InChI is InChI=1S/C12H14ClN3/c1-8-3-4-11(13)12(5-8)14-6-10-7-15-16-9(10)2/h3-5,7,14H,6H2,1-2H3,(H,15,16). The molecule has 0 radical (unpaired) electrons. The largest absolute Gasteiger partial charge is 0.380 e. The van der Waals surface area contributed by atoms with Gasteiger partial charge in [0.1, 0.15) is 0 Å². The van der Waals surface area contributed by atoms with Gasteiger partial charge in [-0.1, -0.05) is 17.7 Å². The first-order chi connectivity index (χ1) is 7.66. The van der Waals surface area contributed by atoms with E-state index in [-0.39, 0.29) is 0 Å². The molecule has 0 unspecified atom stereocenters. The predicted octanol–water partition coefficient (Wildman–Crippen LogP) is 3.29. The summed E-state index contributed by atoms with van der Waals surface area (Å²) >= 11 is 6.09. The van der Waals surface area contributed by atoms with Gasteiger partial charge in [0.25, 0.3) is 0 Å². The minimum Gasteiger partial charge on any atom is -0.380 e. The number of aromatic nitrogens is 2. The van der Waals surface area contributed by atoms with Crippen LogP contribution in [0.15, 0.2) is 24.4 Å². The highest BCUT2D eigenvalue weighted by Gasteiger charge is 2.03. The lowest BCUT2D eigenvalue weighted by molar-refractivity contribution is 1.04. The summed E-state index contributed by atoms with van der Waals surface area (Å²) < 4.78 is 0. The van der Waals surface area contributed by atoms with E-state index in [9.17, 15) is 0 Å². The fourth-order valence-corrected chi connectivity index (χ4v) is 1.70. The van der Waals surface area contributed by atoms with E-state index in [0.717, 1.165) is 28.5 Å². The summed E-state index contributed by atoms with van der Waals surface area (Å²) in [5.41, 5.74) is 4.38. The van der Waals surface area contributed by atoms with Crippen molar-refractivity contribution in [3.63, 3.8) is 0 Å². The molecule has 3 nitrogen and oxygen atoms in total. The number of benzene rings is 1. The number of aromatic amines is 1. The smallest absolute Gasteiger partial charge is 0.0637 e. The molecule has 0 amide bonds. The van der Waals surface area contributed by atoms with Gasteiger partial charge in [-0.05, 0) is 31.5 Å². The first-order valence-electron chi connectivity index (χ1n) is 5.15. The maximum atomic E-state index is 6.09. The van der Waals surface area contributed by atoms with Crippen molar-refractivity contribution >= 4 is 17.3 Å². The molecule has 0 fully saturated rings. The molecule has 0 saturated carbocycles. The quantitative estimate of drug-likeness (QED) is 0.857. The Kier molecular flexibility index (Phi) is 3.15. The van der Waals surface area contributed by atoms with Crippen molar-refractivity contribution in [2.45, 2.75) is 20.4 Å². The molecule has 1 aromatic carbocycles. The highest BCUT2D eigenvalue weighted by molar-refractivity contribution is 6.33. The zero-order valence-corrected chi connectivity index (χ0v) is 10.1. The van der Waals surface area contributed by atoms with Crippen molar-refractivity contribution in [3.8, 4) is 0 Å². The molecule has 0 bridgehead atoms. The lowest BCUT2D eigenvalue weighted by atomic mass is 10.2. The third kappa shape index (κ3) is 2.36. The van der Waals surface area contributed by atoms with Crippen LogP contribution >= 0.6 is 11.6 Å². The fraction of sp³-hybridized carbons (Fsp3) is 0.250. The number of hydrogen-bond acceptors (Lipinski definition) is 2. The van der Waals surface area contributed by atoms with Gasteiger partial charge in [-0.3, -0.25) is 5.10 Å². The van der Waals surface area contributed by atoms with Gasteiger partial charge < -0.3 is 5.32 Å². The van der Waals surface area contributed by atoms with E-state index in [1.807, 2.05) is 38.2 Å². The molecule has 0 saturated heterocycles. The highest BCUT2D eigenvalue weighted by Crippen LogP contribution is 2.23. The van der Waals surface area contributed by atoms with Crippen molar-refractivity contribution in [1.29, 1.82) is 0 Å². The van der Waals surface area contributed by atoms with Crippen molar-refractivity contribution in [2.24, 2.45) is 0 Å². The Morgan fingerprint density at radius 2 is 2.19 bits per heavy atom. The van der Waals surface area contributed by atoms with E-state index >= 15 is 0 Å². The van der Waals surface area contributed by atoms with Gasteiger partial charge >= 0.3 is 0 Å². The average Bonchev–Trinajstić information content (AvgIpc) is 2.66. The van der Waals surface area contributed by atoms with Crippen LogP contribution in [0.3, 0.4) is 0 Å². The molecule has 2 aromatic rings. The summed E-state index contributed by atoms with van der Waals surface area (Å²) in [6.07, 6.45) is 1.83. The molecule has 0 aliphatic rings. The molecule has 84 valence electrons. The Bertz CT molecular complexity index is 491. The number of nitrogens with one attached hydrogen (secondary N) is 2. The van der Waals surface area contributed by atoms with E-state index in [4.69, 9.17) is 11.6 Å². The summed E-state index contributed by atoms with van der Waals surface area (Å²) in [7, 11) is 0. The fourth-order valence-electron chi connectivity index (χ4n) is 1.52. The van der Waals surface area contributed by atoms with Crippen LogP contribution in [0, 0.1) is 13.8 Å². The second-order valence-electron chi connectivity index (χ2n) is 3.86. The van der Waals surface area contributed by atoms with Gasteiger partial charge in [0.15, 0.2) is 0 Å². The molecule has 1 heterocycles. The van der Waals surface area contributed by atoms with Crippen molar-refractivity contribution in [1.82, 2.24) is 10.2 Å². The van der Waals surface area contributed by atoms with Crippen LogP contribution in [0.2, 0.25) is 5.02 Å². The third-order valence-electron chi connectivity index (χ3n) is 2.53. The maximum Gasteiger partial charge on any atom is 0.0637 e. The molecule has 2 N–H and O–H groups in total. The second-order valence-corrected chi connectivity index (χ2v) is 4.26. The molecule has 1 aromatic heterocycles. The van der Waals surface area contributed by atoms with E-state index < -0.39 is 0 Å². The van der Waals surface area contributed by atoms with Gasteiger partial charge in [0.05, 0.1) is 16.9 Å². The lowest BCUT2D eigenvalue weighted by Gasteiger charge is -2.08. The van der Waals surface area contributed by atoms with Crippen LogP contribution in [0.1, 0.15) is 16.8 Å². The normalized spacial score (nSPS) is 10.4. The third-order valence-corrected chi connectivity index (χ3v) is 2.86. The molecule has 16 heavy (non-hydrogen) atoms. The Balaban J connectivity index is 2.10. The number of nitrogens with zero attached hydrogens (tertiary/aromatic N) is 1. The summed E-state index contributed by atoms with van der Waals surface area (Å²) in [5.74, 6) is 0. The highest BCUT2D eigenvalue weighted by atomic mass is 35.5. The first kappa shape index (κ1) is 11.0. The Hall–Kier alpha value is -1.48. The van der Waals surface area contributed by atoms with Crippen molar-refractivity contribution in [3.05, 3.63) is 46.2 Å². The van der Waals surface area contributed by atoms with Crippen LogP contribution in [-0.2, 0) is 6.54 Å². The van der Waals surface area contributed by atoms with Gasteiger partial charge in [-0.25, -0.2) is 0 Å². The number of halogens is 1. The topological polar surface area (TPSA) is 40.7 Å². The van der Waals surface area contributed by atoms with Crippen LogP contribution < -0.4 is 5.32 Å². The molecule has 2 rings (SSSR count). The molecular weight excluding hydrogens is 222 g/mol. The van der Waals surface area contributed by atoms with Crippen molar-refractivity contribution in [2.75, 3.05) is 5.32 Å². The number of hydrogen-bond donors (Lipinski definition) is 2. The predicted molar refractivity (Wildman–Crippen MR) is 66.8 cm³/mol. The minimum atomic E-state index is 0.728. The maximum absolute atomic E-state index is 6.09. The van der Waals surface area contributed by atoms with Crippen LogP contribution in [0.25, 0.3) is 0 Å². The summed E-state index contributed by atoms with van der Waals surface area (Å²) in [6, 6.07) is 5.94. The van der Waals surface area contributed by atoms with E-state index in [1.165, 1.54) is 5.56 Å². The van der Waals surface area contributed by atoms with E-state index in [0.29, 0.717) is 0 Å². The van der Waals surface area contributed by atoms with Crippen molar-refractivity contribution < 1.29 is 0 Å². The molecule has 4 heteroatoms. The number of H-pyrrole nitrogens is 1. The van der Waals surface area contributed by atoms with Gasteiger partial charge in [-0.15, -0.1) is 0 Å². The lowest BCUT2D eigenvalue weighted by Crippen LogP contribution is -2.00. The molecule has 0 spiro atoms. The Morgan fingerprint density at radius 3 is 2.88 bits per heavy atom. The van der Waals surface area contributed by atoms with Crippen LogP contribution in [-0.4, -0.2) is 10.2 Å². The average molecular weight is 236 g/mol. The summed E-state index contributed by atoms with van der Waals surface area (Å²) in [6.45, 7) is 4.78. The number of aryl methyl sites for hydroxylation is 2. The molecular formula is C12H14ClN3. The molecule has 0 aliphatic carbocycles. The van der Waals surface area contributed by atoms with E-state index in [1.54, 1.807) is 0 Å². The van der Waals surface area contributed by atoms with Gasteiger partial charge in [0, 0.05) is 17.8 Å². The molecule has 0 aliphatic heterocycles. The Labute approximate surface area is 99.8 Å². The number of rotatable bonds is 3. The summed E-state index contributed by atoms with van der Waals surface area (Å²) in [5, 5.41) is 10.9. The van der Waals surface area contributed by atoms with Crippen LogP contribution in [0.5, 0.6) is 0 Å². The van der Waals surface area contributed by atoms with E-state index in [2.05, 4.69) is 15.5 Å². The minimum absolute atomic E-state index is 0.728. The summed E-state index contributed by atoms with van der Waals surface area (Å²) in [4.78, 5) is 0. The second kappa shape index (κ2) is 4.58. The van der Waals surface area contributed by atoms with Gasteiger partial charge in [-0.2, -0.15) is 5.10 Å². The zero-order chi connectivity index (χ0) is 11.5. The zero-order valence-electron chi connectivity index (χ0n) is 9.34. The SMILES string of the molecule is Cc1ccc(Cl)c(NCc2cn[nH]c2C)c1.